The van der Waals surface area contributed by atoms with Gasteiger partial charge >= 0.3 is 0 Å². The van der Waals surface area contributed by atoms with Crippen LogP contribution in [0.25, 0.3) is 10.9 Å². The Morgan fingerprint density at radius 3 is 2.76 bits per heavy atom. The standard InChI is InChI=1S/C16H14BrClN2S/c1-21-16-8-12(19)7-15-13(16)4-5-20(15)9-10-2-3-11(17)6-14(10)18/h2-8H,9,19H2,1H3. The van der Waals surface area contributed by atoms with Gasteiger partial charge in [-0.3, -0.25) is 0 Å². The van der Waals surface area contributed by atoms with Crippen LogP contribution in [0.5, 0.6) is 0 Å². The molecule has 0 amide bonds. The Morgan fingerprint density at radius 2 is 2.05 bits per heavy atom. The lowest BCUT2D eigenvalue weighted by Gasteiger charge is -2.09. The zero-order valence-electron chi connectivity index (χ0n) is 11.4. The molecule has 0 aliphatic rings. The minimum atomic E-state index is 0.729. The molecule has 0 radical (unpaired) electrons. The third-order valence-electron chi connectivity index (χ3n) is 3.45. The maximum Gasteiger partial charge on any atom is 0.0515 e. The van der Waals surface area contributed by atoms with Crippen LogP contribution in [0.15, 0.2) is 52.0 Å². The number of nitrogens with zero attached hydrogens (tertiary/aromatic N) is 1. The van der Waals surface area contributed by atoms with Crippen LogP contribution in [-0.2, 0) is 6.54 Å². The van der Waals surface area contributed by atoms with E-state index in [2.05, 4.69) is 39.0 Å². The highest BCUT2D eigenvalue weighted by Crippen LogP contribution is 2.31. The van der Waals surface area contributed by atoms with Crippen LogP contribution in [0.2, 0.25) is 5.02 Å². The number of hydrogen-bond donors (Lipinski definition) is 1. The molecule has 0 saturated heterocycles. The van der Waals surface area contributed by atoms with E-state index in [0.717, 1.165) is 32.8 Å². The van der Waals surface area contributed by atoms with E-state index in [4.69, 9.17) is 17.3 Å². The summed E-state index contributed by atoms with van der Waals surface area (Å²) in [5.74, 6) is 0. The Balaban J connectivity index is 2.07. The molecule has 0 saturated carbocycles. The lowest BCUT2D eigenvalue weighted by Crippen LogP contribution is -1.99. The minimum Gasteiger partial charge on any atom is -0.399 e. The fourth-order valence-corrected chi connectivity index (χ4v) is 3.80. The van der Waals surface area contributed by atoms with Crippen molar-refractivity contribution < 1.29 is 0 Å². The van der Waals surface area contributed by atoms with E-state index >= 15 is 0 Å². The molecule has 2 aromatic carbocycles. The van der Waals surface area contributed by atoms with Crippen molar-refractivity contribution in [3.8, 4) is 0 Å². The van der Waals surface area contributed by atoms with Crippen molar-refractivity contribution >= 4 is 55.9 Å². The molecule has 1 heterocycles. The van der Waals surface area contributed by atoms with Gasteiger partial charge in [-0.25, -0.2) is 0 Å². The van der Waals surface area contributed by atoms with Crippen LogP contribution in [0.1, 0.15) is 5.56 Å². The summed E-state index contributed by atoms with van der Waals surface area (Å²) in [7, 11) is 0. The van der Waals surface area contributed by atoms with Crippen LogP contribution < -0.4 is 5.73 Å². The maximum absolute atomic E-state index is 6.32. The Labute approximate surface area is 141 Å². The number of halogens is 2. The molecule has 108 valence electrons. The SMILES string of the molecule is CSc1cc(N)cc2c1ccn2Cc1ccc(Br)cc1Cl. The van der Waals surface area contributed by atoms with Crippen LogP contribution in [-0.4, -0.2) is 10.8 Å². The van der Waals surface area contributed by atoms with E-state index in [1.54, 1.807) is 11.8 Å². The van der Waals surface area contributed by atoms with Crippen molar-refractivity contribution in [1.82, 2.24) is 4.57 Å². The zero-order valence-corrected chi connectivity index (χ0v) is 14.6. The number of benzene rings is 2. The summed E-state index contributed by atoms with van der Waals surface area (Å²) in [5, 5.41) is 1.99. The summed E-state index contributed by atoms with van der Waals surface area (Å²) < 4.78 is 3.17. The Morgan fingerprint density at radius 1 is 1.24 bits per heavy atom. The highest BCUT2D eigenvalue weighted by molar-refractivity contribution is 9.10. The van der Waals surface area contributed by atoms with Crippen LogP contribution >= 0.6 is 39.3 Å². The van der Waals surface area contributed by atoms with Gasteiger partial charge in [-0.05, 0) is 42.2 Å². The predicted molar refractivity (Wildman–Crippen MR) is 96.4 cm³/mol. The van der Waals surface area contributed by atoms with Crippen molar-refractivity contribution in [3.63, 3.8) is 0 Å². The van der Waals surface area contributed by atoms with Gasteiger partial charge in [-0.1, -0.05) is 33.6 Å². The van der Waals surface area contributed by atoms with E-state index in [1.165, 1.54) is 10.3 Å². The van der Waals surface area contributed by atoms with Crippen molar-refractivity contribution in [2.45, 2.75) is 11.4 Å². The monoisotopic (exact) mass is 380 g/mol. The fourth-order valence-electron chi connectivity index (χ4n) is 2.42. The normalized spacial score (nSPS) is 11.2. The van der Waals surface area contributed by atoms with E-state index in [1.807, 2.05) is 30.3 Å². The molecule has 3 aromatic rings. The van der Waals surface area contributed by atoms with Gasteiger partial charge in [0.25, 0.3) is 0 Å². The first kappa shape index (κ1) is 14.8. The summed E-state index contributed by atoms with van der Waals surface area (Å²) in [6.07, 6.45) is 4.15. The first-order valence-corrected chi connectivity index (χ1v) is 8.84. The van der Waals surface area contributed by atoms with Gasteiger partial charge in [0.1, 0.15) is 0 Å². The lowest BCUT2D eigenvalue weighted by molar-refractivity contribution is 0.837. The number of nitrogens with two attached hydrogens (primary N) is 1. The van der Waals surface area contributed by atoms with Gasteiger partial charge in [0.2, 0.25) is 0 Å². The van der Waals surface area contributed by atoms with Gasteiger partial charge in [0.15, 0.2) is 0 Å². The van der Waals surface area contributed by atoms with Crippen LogP contribution in [0, 0.1) is 0 Å². The molecule has 0 aliphatic carbocycles. The number of fused-ring (bicyclic) bond motifs is 1. The molecule has 2 nitrogen and oxygen atoms in total. The largest absolute Gasteiger partial charge is 0.399 e. The Hall–Kier alpha value is -1.10. The van der Waals surface area contributed by atoms with E-state index in [-0.39, 0.29) is 0 Å². The first-order valence-electron chi connectivity index (χ1n) is 6.45. The quantitative estimate of drug-likeness (QED) is 0.486. The number of aromatic nitrogens is 1. The number of nitrogen functional groups attached to an aromatic ring is 1. The van der Waals surface area contributed by atoms with Gasteiger partial charge < -0.3 is 10.3 Å². The second-order valence-corrected chi connectivity index (χ2v) is 7.01. The third-order valence-corrected chi connectivity index (χ3v) is 5.07. The highest BCUT2D eigenvalue weighted by Gasteiger charge is 2.09. The molecule has 3 rings (SSSR count). The minimum absolute atomic E-state index is 0.729. The highest BCUT2D eigenvalue weighted by atomic mass is 79.9. The Kier molecular flexibility index (Phi) is 4.20. The summed E-state index contributed by atoms with van der Waals surface area (Å²) in [6, 6.07) is 12.1. The number of anilines is 1. The van der Waals surface area contributed by atoms with Gasteiger partial charge in [0.05, 0.1) is 5.52 Å². The van der Waals surface area contributed by atoms with Crippen molar-refractivity contribution in [3.05, 3.63) is 57.7 Å². The summed E-state index contributed by atoms with van der Waals surface area (Å²) in [4.78, 5) is 1.20. The second-order valence-electron chi connectivity index (χ2n) is 4.84. The van der Waals surface area contributed by atoms with Gasteiger partial charge in [0, 0.05) is 38.2 Å². The van der Waals surface area contributed by atoms with Crippen molar-refractivity contribution in [2.24, 2.45) is 0 Å². The average molecular weight is 382 g/mol. The number of rotatable bonds is 3. The molecular formula is C16H14BrClN2S. The average Bonchev–Trinajstić information content (AvgIpc) is 2.84. The number of hydrogen-bond acceptors (Lipinski definition) is 2. The molecule has 1 aromatic heterocycles. The fraction of sp³-hybridized carbons (Fsp3) is 0.125. The lowest BCUT2D eigenvalue weighted by atomic mass is 10.2. The van der Waals surface area contributed by atoms with Crippen LogP contribution in [0.4, 0.5) is 5.69 Å². The zero-order chi connectivity index (χ0) is 15.0. The second kappa shape index (κ2) is 5.95. The van der Waals surface area contributed by atoms with Crippen molar-refractivity contribution in [2.75, 3.05) is 12.0 Å². The number of thioether (sulfide) groups is 1. The molecule has 0 fully saturated rings. The molecule has 5 heteroatoms. The van der Waals surface area contributed by atoms with E-state index in [9.17, 15) is 0 Å². The van der Waals surface area contributed by atoms with Gasteiger partial charge in [-0.15, -0.1) is 11.8 Å². The molecular weight excluding hydrogens is 368 g/mol. The van der Waals surface area contributed by atoms with Crippen LogP contribution in [0.3, 0.4) is 0 Å². The molecule has 0 spiro atoms. The Bertz CT molecular complexity index is 813. The molecule has 0 aliphatic heterocycles. The molecule has 21 heavy (non-hydrogen) atoms. The molecule has 0 unspecified atom stereocenters. The van der Waals surface area contributed by atoms with Crippen molar-refractivity contribution in [1.29, 1.82) is 0 Å². The van der Waals surface area contributed by atoms with E-state index in [0.29, 0.717) is 0 Å². The predicted octanol–water partition coefficient (Wildman–Crippen LogP) is 5.41. The summed E-state index contributed by atoms with van der Waals surface area (Å²) >= 11 is 11.5. The topological polar surface area (TPSA) is 30.9 Å². The molecule has 0 atom stereocenters. The summed E-state index contributed by atoms with van der Waals surface area (Å²) in [5.41, 5.74) is 9.02. The van der Waals surface area contributed by atoms with Gasteiger partial charge in [-0.2, -0.15) is 0 Å². The maximum atomic E-state index is 6.32. The summed E-state index contributed by atoms with van der Waals surface area (Å²) in [6.45, 7) is 0.729. The third kappa shape index (κ3) is 2.93. The smallest absolute Gasteiger partial charge is 0.0515 e. The first-order chi connectivity index (χ1) is 10.1. The molecule has 0 bridgehead atoms. The van der Waals surface area contributed by atoms with E-state index < -0.39 is 0 Å². The molecule has 2 N–H and O–H groups in total.